The Labute approximate surface area is 198 Å². The lowest BCUT2D eigenvalue weighted by atomic mass is 10.1. The fourth-order valence-electron chi connectivity index (χ4n) is 3.28. The second kappa shape index (κ2) is 10.1. The van der Waals surface area contributed by atoms with Gasteiger partial charge in [-0.1, -0.05) is 12.1 Å². The summed E-state index contributed by atoms with van der Waals surface area (Å²) in [6, 6.07) is 11.5. The number of methoxy groups -OCH3 is 1. The number of hydrogen-bond donors (Lipinski definition) is 0. The molecule has 0 amide bonds. The number of hydrogen-bond acceptors (Lipinski definition) is 6. The van der Waals surface area contributed by atoms with Crippen molar-refractivity contribution < 1.29 is 32.2 Å². The molecular formula is C24H23F3N2O6. The summed E-state index contributed by atoms with van der Waals surface area (Å²) in [5, 5.41) is 0. The highest BCUT2D eigenvalue weighted by Gasteiger charge is 2.35. The topological polar surface area (TPSA) is 88.8 Å². The summed E-state index contributed by atoms with van der Waals surface area (Å²) in [5.41, 5.74) is -1.91. The van der Waals surface area contributed by atoms with Gasteiger partial charge >= 0.3 is 17.8 Å². The molecule has 3 rings (SSSR count). The average Bonchev–Trinajstić information content (AvgIpc) is 2.80. The summed E-state index contributed by atoms with van der Waals surface area (Å²) in [4.78, 5) is 36.4. The molecule has 0 saturated carbocycles. The maximum absolute atomic E-state index is 13.0. The molecule has 1 aromatic heterocycles. The van der Waals surface area contributed by atoms with Gasteiger partial charge in [-0.25, -0.2) is 14.2 Å². The average molecular weight is 492 g/mol. The van der Waals surface area contributed by atoms with Gasteiger partial charge in [-0.05, 0) is 49.7 Å². The third-order valence-electron chi connectivity index (χ3n) is 5.16. The van der Waals surface area contributed by atoms with E-state index in [1.54, 1.807) is 19.1 Å². The lowest BCUT2D eigenvalue weighted by Crippen LogP contribution is -2.40. The molecule has 0 bridgehead atoms. The van der Waals surface area contributed by atoms with Gasteiger partial charge in [0.25, 0.3) is 5.56 Å². The van der Waals surface area contributed by atoms with Crippen LogP contribution >= 0.6 is 0 Å². The predicted octanol–water partition coefficient (Wildman–Crippen LogP) is 3.38. The Morgan fingerprint density at radius 3 is 2.31 bits per heavy atom. The Kier molecular flexibility index (Phi) is 7.37. The quantitative estimate of drug-likeness (QED) is 0.470. The summed E-state index contributed by atoms with van der Waals surface area (Å²) < 4.78 is 56.3. The van der Waals surface area contributed by atoms with Gasteiger partial charge in [0.05, 0.1) is 12.8 Å². The zero-order chi connectivity index (χ0) is 25.9. The van der Waals surface area contributed by atoms with Crippen LogP contribution in [0.3, 0.4) is 0 Å². The number of halogens is 3. The SMILES string of the molecule is COC(=O)C(C)Oc1cc(C)ccc1COc1ccc(-n2c(=O)cc(C(F)(F)F)n(C)c2=O)cc1. The first-order valence-electron chi connectivity index (χ1n) is 10.4. The first-order chi connectivity index (χ1) is 16.4. The van der Waals surface area contributed by atoms with Gasteiger partial charge in [0, 0.05) is 18.7 Å². The molecule has 1 atom stereocenters. The monoisotopic (exact) mass is 492 g/mol. The first-order valence-corrected chi connectivity index (χ1v) is 10.4. The van der Waals surface area contributed by atoms with Crippen LogP contribution in [0.5, 0.6) is 11.5 Å². The van der Waals surface area contributed by atoms with Crippen LogP contribution in [0.25, 0.3) is 5.69 Å². The van der Waals surface area contributed by atoms with E-state index in [2.05, 4.69) is 4.74 Å². The van der Waals surface area contributed by atoms with E-state index >= 15 is 0 Å². The summed E-state index contributed by atoms with van der Waals surface area (Å²) in [5.74, 6) is 0.288. The minimum Gasteiger partial charge on any atom is -0.489 e. The Hall–Kier alpha value is -4.02. The van der Waals surface area contributed by atoms with E-state index in [0.29, 0.717) is 32.3 Å². The zero-order valence-corrected chi connectivity index (χ0v) is 19.4. The van der Waals surface area contributed by atoms with Crippen LogP contribution in [-0.2, 0) is 29.4 Å². The van der Waals surface area contributed by atoms with Crippen LogP contribution in [0, 0.1) is 6.92 Å². The number of alkyl halides is 3. The van der Waals surface area contributed by atoms with Crippen molar-refractivity contribution in [3.05, 3.63) is 86.2 Å². The fraction of sp³-hybridized carbons (Fsp3) is 0.292. The van der Waals surface area contributed by atoms with Crippen molar-refractivity contribution in [1.82, 2.24) is 9.13 Å². The maximum atomic E-state index is 13.0. The molecule has 0 radical (unpaired) electrons. The number of esters is 1. The second-order valence-electron chi connectivity index (χ2n) is 7.72. The lowest BCUT2D eigenvalue weighted by molar-refractivity contribution is -0.148. The van der Waals surface area contributed by atoms with Crippen LogP contribution in [0.15, 0.2) is 58.1 Å². The predicted molar refractivity (Wildman–Crippen MR) is 120 cm³/mol. The van der Waals surface area contributed by atoms with Crippen molar-refractivity contribution in [2.24, 2.45) is 7.05 Å². The molecule has 0 aliphatic rings. The van der Waals surface area contributed by atoms with E-state index in [1.165, 1.54) is 31.4 Å². The van der Waals surface area contributed by atoms with Crippen LogP contribution < -0.4 is 20.7 Å². The highest BCUT2D eigenvalue weighted by Crippen LogP contribution is 2.27. The Balaban J connectivity index is 1.81. The molecule has 8 nitrogen and oxygen atoms in total. The molecule has 1 heterocycles. The summed E-state index contributed by atoms with van der Waals surface area (Å²) in [6.45, 7) is 3.50. The molecular weight excluding hydrogens is 469 g/mol. The minimum absolute atomic E-state index is 0.0743. The van der Waals surface area contributed by atoms with Crippen molar-refractivity contribution in [2.75, 3.05) is 7.11 Å². The lowest BCUT2D eigenvalue weighted by Gasteiger charge is -2.17. The smallest absolute Gasteiger partial charge is 0.431 e. The fourth-order valence-corrected chi connectivity index (χ4v) is 3.28. The normalized spacial score (nSPS) is 12.2. The number of nitrogens with zero attached hydrogens (tertiary/aromatic N) is 2. The molecule has 11 heteroatoms. The van der Waals surface area contributed by atoms with E-state index < -0.39 is 35.2 Å². The highest BCUT2D eigenvalue weighted by atomic mass is 19.4. The number of aromatic nitrogens is 2. The summed E-state index contributed by atoms with van der Waals surface area (Å²) >= 11 is 0. The van der Waals surface area contributed by atoms with Crippen LogP contribution in [0.4, 0.5) is 13.2 Å². The van der Waals surface area contributed by atoms with Crippen LogP contribution in [-0.4, -0.2) is 28.3 Å². The van der Waals surface area contributed by atoms with Gasteiger partial charge in [-0.2, -0.15) is 13.2 Å². The number of carbonyl (C=O) groups is 1. The van der Waals surface area contributed by atoms with Gasteiger partial charge in [0.15, 0.2) is 6.10 Å². The molecule has 186 valence electrons. The van der Waals surface area contributed by atoms with E-state index in [0.717, 1.165) is 12.6 Å². The summed E-state index contributed by atoms with van der Waals surface area (Å²) in [7, 11) is 2.21. The molecule has 3 aromatic rings. The number of carbonyl (C=O) groups excluding carboxylic acids is 1. The van der Waals surface area contributed by atoms with E-state index in [-0.39, 0.29) is 12.3 Å². The van der Waals surface area contributed by atoms with E-state index in [9.17, 15) is 27.6 Å². The highest BCUT2D eigenvalue weighted by molar-refractivity contribution is 5.74. The van der Waals surface area contributed by atoms with Crippen LogP contribution in [0.2, 0.25) is 0 Å². The third-order valence-corrected chi connectivity index (χ3v) is 5.16. The Morgan fingerprint density at radius 1 is 1.06 bits per heavy atom. The zero-order valence-electron chi connectivity index (χ0n) is 19.4. The second-order valence-corrected chi connectivity index (χ2v) is 7.72. The maximum Gasteiger partial charge on any atom is 0.431 e. The molecule has 0 spiro atoms. The number of benzene rings is 2. The Morgan fingerprint density at radius 2 is 1.71 bits per heavy atom. The molecule has 35 heavy (non-hydrogen) atoms. The van der Waals surface area contributed by atoms with Crippen molar-refractivity contribution in [3.8, 4) is 17.2 Å². The summed E-state index contributed by atoms with van der Waals surface area (Å²) in [6.07, 6.45) is -5.67. The van der Waals surface area contributed by atoms with Gasteiger partial charge in [-0.15, -0.1) is 0 Å². The van der Waals surface area contributed by atoms with E-state index in [4.69, 9.17) is 9.47 Å². The Bertz CT molecular complexity index is 1340. The van der Waals surface area contributed by atoms with Gasteiger partial charge in [0.1, 0.15) is 23.8 Å². The molecule has 1 unspecified atom stereocenters. The third kappa shape index (κ3) is 5.73. The van der Waals surface area contributed by atoms with Gasteiger partial charge in [-0.3, -0.25) is 9.36 Å². The van der Waals surface area contributed by atoms with E-state index in [1.807, 2.05) is 13.0 Å². The van der Waals surface area contributed by atoms with Crippen molar-refractivity contribution in [2.45, 2.75) is 32.7 Å². The standard InChI is InChI=1S/C24H23F3N2O6/c1-14-5-6-16(19(11-14)35-15(2)22(31)33-4)13-34-18-9-7-17(8-10-18)29-21(30)12-20(24(25,26)27)28(3)23(29)32/h5-12,15H,13H2,1-4H3. The minimum atomic E-state index is -4.84. The first kappa shape index (κ1) is 25.6. The van der Waals surface area contributed by atoms with Crippen molar-refractivity contribution in [3.63, 3.8) is 0 Å². The molecule has 0 aliphatic carbocycles. The van der Waals surface area contributed by atoms with Gasteiger partial charge < -0.3 is 14.2 Å². The molecule has 0 saturated heterocycles. The van der Waals surface area contributed by atoms with Crippen LogP contribution in [0.1, 0.15) is 23.7 Å². The number of aryl methyl sites for hydroxylation is 1. The molecule has 0 N–H and O–H groups in total. The van der Waals surface area contributed by atoms with Crippen molar-refractivity contribution in [1.29, 1.82) is 0 Å². The molecule has 0 aliphatic heterocycles. The van der Waals surface area contributed by atoms with Crippen molar-refractivity contribution >= 4 is 5.97 Å². The molecule has 2 aromatic carbocycles. The largest absolute Gasteiger partial charge is 0.489 e. The van der Waals surface area contributed by atoms with Gasteiger partial charge in [0.2, 0.25) is 0 Å². The molecule has 0 fully saturated rings. The number of ether oxygens (including phenoxy) is 3. The number of rotatable bonds is 7.